The molecule has 1 nitrogen and oxygen atoms in total. The van der Waals surface area contributed by atoms with E-state index in [0.717, 1.165) is 0 Å². The zero-order valence-electron chi connectivity index (χ0n) is 10.4. The van der Waals surface area contributed by atoms with Gasteiger partial charge in [0.25, 0.3) is 0 Å². The molecule has 0 N–H and O–H groups in total. The molecule has 3 heteroatoms. The molecule has 1 rings (SSSR count). The standard InChI is InChI=1S/C11H12BIO.C2H6/c1-8-4-5-9(2)11(6-8)12-7-10(3)14-13;1-2/h4-7H,3H2,1-2H3;1-2H3. The van der Waals surface area contributed by atoms with Gasteiger partial charge < -0.3 is 0 Å². The molecule has 0 aliphatic carbocycles. The Morgan fingerprint density at radius 2 is 2.00 bits per heavy atom. The minimum atomic E-state index is 0.659. The summed E-state index contributed by atoms with van der Waals surface area (Å²) in [5.74, 6) is 2.53. The van der Waals surface area contributed by atoms with E-state index in [1.165, 1.54) is 16.6 Å². The van der Waals surface area contributed by atoms with Crippen LogP contribution in [0.1, 0.15) is 25.0 Å². The van der Waals surface area contributed by atoms with Gasteiger partial charge in [-0.05, 0) is 0 Å². The fourth-order valence-electron chi connectivity index (χ4n) is 1.15. The first-order chi connectivity index (χ1) is 7.63. The van der Waals surface area contributed by atoms with Gasteiger partial charge in [-0.1, -0.05) is 13.8 Å². The summed E-state index contributed by atoms with van der Waals surface area (Å²) in [7, 11) is 0. The van der Waals surface area contributed by atoms with Crippen LogP contribution in [0.2, 0.25) is 0 Å². The van der Waals surface area contributed by atoms with E-state index in [9.17, 15) is 0 Å². The molecule has 0 aliphatic rings. The van der Waals surface area contributed by atoms with Crippen molar-refractivity contribution < 1.29 is 3.07 Å². The number of rotatable bonds is 3. The van der Waals surface area contributed by atoms with Gasteiger partial charge in [0.05, 0.1) is 0 Å². The number of benzene rings is 1. The molecule has 0 aliphatic heterocycles. The maximum absolute atomic E-state index is 4.93. The molecule has 0 aromatic heterocycles. The number of allylic oxidation sites excluding steroid dienone is 1. The van der Waals surface area contributed by atoms with Gasteiger partial charge in [0.15, 0.2) is 0 Å². The predicted molar refractivity (Wildman–Crippen MR) is 83.0 cm³/mol. The first-order valence-electron chi connectivity index (χ1n) is 5.36. The molecule has 0 radical (unpaired) electrons. The molecule has 1 aromatic rings. The van der Waals surface area contributed by atoms with Gasteiger partial charge in [0, 0.05) is 0 Å². The maximum atomic E-state index is 4.93. The molecule has 1 aromatic carbocycles. The molecule has 0 amide bonds. The minimum Gasteiger partial charge on any atom is -0.0683 e. The average molecular weight is 328 g/mol. The van der Waals surface area contributed by atoms with Gasteiger partial charge in [-0.3, -0.25) is 0 Å². The van der Waals surface area contributed by atoms with Gasteiger partial charge in [-0.2, -0.15) is 0 Å². The molecule has 0 fully saturated rings. The number of hydrogen-bond acceptors (Lipinski definition) is 1. The molecule has 0 unspecified atom stereocenters. The second-order valence-corrected chi connectivity index (χ2v) is 3.68. The van der Waals surface area contributed by atoms with E-state index >= 15 is 0 Å². The van der Waals surface area contributed by atoms with Crippen molar-refractivity contribution >= 4 is 41.4 Å². The monoisotopic (exact) mass is 328 g/mol. The maximum Gasteiger partial charge on any atom is -0.0683 e. The van der Waals surface area contributed by atoms with Crippen LogP contribution in [0.5, 0.6) is 0 Å². The van der Waals surface area contributed by atoms with Crippen molar-refractivity contribution in [2.75, 3.05) is 0 Å². The smallest absolute Gasteiger partial charge is 0.0683 e. The number of hydrogen-bond donors (Lipinski definition) is 0. The molecule has 0 bridgehead atoms. The molecule has 0 spiro atoms. The Kier molecular flexibility index (Phi) is 8.25. The zero-order valence-corrected chi connectivity index (χ0v) is 12.5. The van der Waals surface area contributed by atoms with Gasteiger partial charge in [-0.25, -0.2) is 0 Å². The summed E-state index contributed by atoms with van der Waals surface area (Å²) in [6.45, 7) is 13.9. The zero-order chi connectivity index (χ0) is 12.6. The van der Waals surface area contributed by atoms with Crippen molar-refractivity contribution in [1.29, 1.82) is 0 Å². The largest absolute Gasteiger partial charge is 0.0683 e. The van der Waals surface area contributed by atoms with E-state index in [1.807, 2.05) is 49.7 Å². The first-order valence-corrected chi connectivity index (χ1v) is 6.24. The first kappa shape index (κ1) is 15.4. The van der Waals surface area contributed by atoms with Crippen LogP contribution in [0.3, 0.4) is 0 Å². The summed E-state index contributed by atoms with van der Waals surface area (Å²) in [4.78, 5) is 0. The topological polar surface area (TPSA) is 9.23 Å². The third-order valence-corrected chi connectivity index (χ3v) is 2.55. The molecule has 16 heavy (non-hydrogen) atoms. The Bertz CT molecular complexity index is 372. The fourth-order valence-corrected chi connectivity index (χ4v) is 1.29. The van der Waals surface area contributed by atoms with E-state index in [-0.39, 0.29) is 0 Å². The van der Waals surface area contributed by atoms with E-state index in [2.05, 4.69) is 38.6 Å². The molecular weight excluding hydrogens is 310 g/mol. The van der Waals surface area contributed by atoms with Crippen molar-refractivity contribution in [3.63, 3.8) is 0 Å². The van der Waals surface area contributed by atoms with E-state index in [1.54, 1.807) is 0 Å². The summed E-state index contributed by atoms with van der Waals surface area (Å²) in [5.41, 5.74) is 3.73. The summed E-state index contributed by atoms with van der Waals surface area (Å²) in [6.07, 6.45) is 0. The van der Waals surface area contributed by atoms with E-state index in [0.29, 0.717) is 5.76 Å². The van der Waals surface area contributed by atoms with Crippen LogP contribution in [0, 0.1) is 13.8 Å². The van der Waals surface area contributed by atoms with Crippen LogP contribution in [0.25, 0.3) is 0 Å². The Morgan fingerprint density at radius 3 is 2.56 bits per heavy atom. The molecule has 86 valence electrons. The Labute approximate surface area is 114 Å². The fraction of sp³-hybridized carbons (Fsp3) is 0.308. The Balaban J connectivity index is 0.00000106. The minimum absolute atomic E-state index is 0.659. The summed E-state index contributed by atoms with van der Waals surface area (Å²) in [6, 6.07) is 6.37. The van der Waals surface area contributed by atoms with Crippen LogP contribution >= 0.6 is 23.0 Å². The number of halogens is 1. The van der Waals surface area contributed by atoms with Crippen molar-refractivity contribution in [3.8, 4) is 0 Å². The van der Waals surface area contributed by atoms with E-state index in [4.69, 9.17) is 3.07 Å². The van der Waals surface area contributed by atoms with Crippen molar-refractivity contribution in [1.82, 2.24) is 0 Å². The molecular formula is C13H18BIO. The summed E-state index contributed by atoms with van der Waals surface area (Å²) in [5, 5.41) is 0. The van der Waals surface area contributed by atoms with Crippen LogP contribution in [0.4, 0.5) is 0 Å². The van der Waals surface area contributed by atoms with E-state index < -0.39 is 0 Å². The van der Waals surface area contributed by atoms with Crippen molar-refractivity contribution in [2.45, 2.75) is 27.7 Å². The third-order valence-electron chi connectivity index (χ3n) is 1.98. The molecule has 0 heterocycles. The van der Waals surface area contributed by atoms with Crippen LogP contribution in [0.15, 0.2) is 30.5 Å². The van der Waals surface area contributed by atoms with Gasteiger partial charge >= 0.3 is 99.9 Å². The van der Waals surface area contributed by atoms with Crippen LogP contribution in [-0.2, 0) is 3.07 Å². The molecule has 0 saturated carbocycles. The number of aryl methyl sites for hydroxylation is 2. The van der Waals surface area contributed by atoms with Gasteiger partial charge in [0.1, 0.15) is 0 Å². The van der Waals surface area contributed by atoms with Gasteiger partial charge in [0.2, 0.25) is 0 Å². The SMILES string of the molecule is C=C(C=Bc1cc(C)ccc1C)OI.CC. The summed E-state index contributed by atoms with van der Waals surface area (Å²) >= 11 is 1.82. The molecule has 0 saturated heterocycles. The average Bonchev–Trinajstić information content (AvgIpc) is 2.32. The van der Waals surface area contributed by atoms with Crippen LogP contribution < -0.4 is 5.46 Å². The second kappa shape index (κ2) is 8.56. The Morgan fingerprint density at radius 1 is 1.38 bits per heavy atom. The predicted octanol–water partition coefficient (Wildman–Crippen LogP) is 3.34. The normalized spacial score (nSPS) is 9.06. The Hall–Kier alpha value is -0.575. The molecule has 0 atom stereocenters. The van der Waals surface area contributed by atoms with Gasteiger partial charge in [-0.15, -0.1) is 0 Å². The quantitative estimate of drug-likeness (QED) is 0.470. The van der Waals surface area contributed by atoms with Crippen LogP contribution in [-0.4, -0.2) is 12.9 Å². The second-order valence-electron chi connectivity index (χ2n) is 3.24. The van der Waals surface area contributed by atoms with Crippen molar-refractivity contribution in [2.24, 2.45) is 0 Å². The third kappa shape index (κ3) is 5.49. The van der Waals surface area contributed by atoms with Crippen molar-refractivity contribution in [3.05, 3.63) is 41.7 Å². The summed E-state index contributed by atoms with van der Waals surface area (Å²) < 4.78 is 4.93.